The molecule has 0 fully saturated rings. The number of carbonyl (C=O) groups excluding carboxylic acids is 2. The highest BCUT2D eigenvalue weighted by Crippen LogP contribution is 2.26. The molecule has 0 aliphatic rings. The maximum absolute atomic E-state index is 13.8. The summed E-state index contributed by atoms with van der Waals surface area (Å²) in [6, 6.07) is 22.5. The summed E-state index contributed by atoms with van der Waals surface area (Å²) in [6.07, 6.45) is 0. The van der Waals surface area contributed by atoms with Crippen molar-refractivity contribution in [2.75, 3.05) is 23.3 Å². The average molecular weight is 535 g/mol. The Morgan fingerprint density at radius 2 is 1.50 bits per heavy atom. The van der Waals surface area contributed by atoms with Crippen LogP contribution < -0.4 is 15.2 Å². The molecule has 1 amide bonds. The summed E-state index contributed by atoms with van der Waals surface area (Å²) in [5.74, 6) is -1.42. The van der Waals surface area contributed by atoms with E-state index in [9.17, 15) is 22.8 Å². The average Bonchev–Trinajstić information content (AvgIpc) is 3.15. The van der Waals surface area contributed by atoms with Crippen molar-refractivity contribution in [3.05, 3.63) is 107 Å². The van der Waals surface area contributed by atoms with E-state index in [1.807, 2.05) is 0 Å². The van der Waals surface area contributed by atoms with Gasteiger partial charge >= 0.3 is 5.97 Å². The molecule has 4 rings (SSSR count). The van der Waals surface area contributed by atoms with Crippen molar-refractivity contribution in [1.82, 2.24) is 9.36 Å². The largest absolute Gasteiger partial charge is 0.465 e. The van der Waals surface area contributed by atoms with Crippen LogP contribution in [0.4, 0.5) is 11.4 Å². The Bertz CT molecular complexity index is 1640. The van der Waals surface area contributed by atoms with Gasteiger partial charge in [-0.25, -0.2) is 22.2 Å². The molecule has 1 aromatic heterocycles. The summed E-state index contributed by atoms with van der Waals surface area (Å²) < 4.78 is 36.1. The molecule has 0 radical (unpaired) electrons. The smallest absolute Gasteiger partial charge is 0.339 e. The van der Waals surface area contributed by atoms with Crippen molar-refractivity contribution in [2.24, 2.45) is 7.05 Å². The fraction of sp³-hybridized carbons (Fsp3) is 0.148. The molecule has 4 aromatic rings. The summed E-state index contributed by atoms with van der Waals surface area (Å²) in [6.45, 7) is 0.885. The van der Waals surface area contributed by atoms with Crippen LogP contribution in [0.25, 0.3) is 5.69 Å². The number of para-hydroxylation sites is 2. The summed E-state index contributed by atoms with van der Waals surface area (Å²) in [5.41, 5.74) is 0.329. The number of aromatic nitrogens is 2. The normalized spacial score (nSPS) is 11.1. The number of carbonyl (C=O) groups is 2. The minimum atomic E-state index is -4.35. The van der Waals surface area contributed by atoms with E-state index in [1.54, 1.807) is 74.6 Å². The van der Waals surface area contributed by atoms with Crippen molar-refractivity contribution < 1.29 is 22.7 Å². The van der Waals surface area contributed by atoms with Crippen LogP contribution >= 0.6 is 0 Å². The lowest BCUT2D eigenvalue weighted by Crippen LogP contribution is -2.41. The summed E-state index contributed by atoms with van der Waals surface area (Å²) >= 11 is 0. The van der Waals surface area contributed by atoms with Gasteiger partial charge in [0.2, 0.25) is 5.91 Å². The van der Waals surface area contributed by atoms with Gasteiger partial charge in [0.25, 0.3) is 15.6 Å². The third-order valence-corrected chi connectivity index (χ3v) is 7.76. The number of sulfonamides is 1. The molecular formula is C27H26N4O6S. The SMILES string of the molecule is COC(=O)c1ccccc1NC(=O)CN(c1c(C)n(C)n(-c2ccccc2)c1=O)S(=O)(=O)c1ccccc1. The third kappa shape index (κ3) is 4.96. The predicted octanol–water partition coefficient (Wildman–Crippen LogP) is 3.11. The monoisotopic (exact) mass is 534 g/mol. The number of nitrogens with zero attached hydrogens (tertiary/aromatic N) is 3. The molecule has 10 nitrogen and oxygen atoms in total. The van der Waals surface area contributed by atoms with Crippen molar-refractivity contribution in [2.45, 2.75) is 11.8 Å². The van der Waals surface area contributed by atoms with Crippen LogP contribution in [0.5, 0.6) is 0 Å². The fourth-order valence-electron chi connectivity index (χ4n) is 4.05. The van der Waals surface area contributed by atoms with E-state index >= 15 is 0 Å². The third-order valence-electron chi connectivity index (χ3n) is 6.00. The minimum Gasteiger partial charge on any atom is -0.465 e. The zero-order valence-corrected chi connectivity index (χ0v) is 21.8. The first-order chi connectivity index (χ1) is 18.2. The lowest BCUT2D eigenvalue weighted by atomic mass is 10.2. The first-order valence-electron chi connectivity index (χ1n) is 11.6. The Morgan fingerprint density at radius 1 is 0.921 bits per heavy atom. The molecular weight excluding hydrogens is 508 g/mol. The van der Waals surface area contributed by atoms with Gasteiger partial charge in [0.1, 0.15) is 12.2 Å². The molecule has 0 saturated carbocycles. The number of rotatable bonds is 8. The van der Waals surface area contributed by atoms with E-state index in [4.69, 9.17) is 4.74 Å². The van der Waals surface area contributed by atoms with Gasteiger partial charge in [-0.15, -0.1) is 0 Å². The second-order valence-corrected chi connectivity index (χ2v) is 10.2. The number of anilines is 2. The standard InChI is InChI=1S/C27H26N4O6S/c1-19-25(26(33)31(29(19)2)20-12-6-4-7-13-20)30(38(35,36)21-14-8-5-9-15-21)18-24(32)28-23-17-11-10-16-22(23)27(34)37-3/h4-17H,18H2,1-3H3,(H,28,32). The second-order valence-electron chi connectivity index (χ2n) is 8.32. The minimum absolute atomic E-state index is 0.0864. The van der Waals surface area contributed by atoms with E-state index in [0.29, 0.717) is 11.4 Å². The molecule has 0 bridgehead atoms. The second kappa shape index (κ2) is 10.8. The summed E-state index contributed by atoms with van der Waals surface area (Å²) in [5, 5.41) is 2.58. The number of methoxy groups -OCH3 is 1. The Morgan fingerprint density at radius 3 is 2.13 bits per heavy atom. The van der Waals surface area contributed by atoms with E-state index in [-0.39, 0.29) is 21.8 Å². The summed E-state index contributed by atoms with van der Waals surface area (Å²) in [7, 11) is -1.50. The highest BCUT2D eigenvalue weighted by atomic mass is 32.2. The molecule has 1 heterocycles. The molecule has 1 N–H and O–H groups in total. The number of amides is 1. The molecule has 0 atom stereocenters. The molecule has 3 aromatic carbocycles. The molecule has 0 aliphatic heterocycles. The van der Waals surface area contributed by atoms with Gasteiger partial charge in [-0.3, -0.25) is 14.3 Å². The predicted molar refractivity (Wildman–Crippen MR) is 143 cm³/mol. The van der Waals surface area contributed by atoms with E-state index in [0.717, 1.165) is 4.31 Å². The van der Waals surface area contributed by atoms with E-state index in [1.165, 1.54) is 40.7 Å². The van der Waals surface area contributed by atoms with Gasteiger partial charge in [-0.05, 0) is 43.3 Å². The maximum atomic E-state index is 13.8. The Kier molecular flexibility index (Phi) is 7.49. The lowest BCUT2D eigenvalue weighted by molar-refractivity contribution is -0.114. The van der Waals surface area contributed by atoms with Crippen LogP contribution in [0.1, 0.15) is 16.1 Å². The maximum Gasteiger partial charge on any atom is 0.339 e. The van der Waals surface area contributed by atoms with Crippen molar-refractivity contribution >= 4 is 33.3 Å². The topological polar surface area (TPSA) is 120 Å². The Labute approximate surface area is 219 Å². The van der Waals surface area contributed by atoms with Crippen LogP contribution in [0, 0.1) is 6.92 Å². The quantitative estimate of drug-likeness (QED) is 0.347. The fourth-order valence-corrected chi connectivity index (χ4v) is 5.54. The van der Waals surface area contributed by atoms with Gasteiger partial charge in [0, 0.05) is 7.05 Å². The lowest BCUT2D eigenvalue weighted by Gasteiger charge is -2.23. The molecule has 38 heavy (non-hydrogen) atoms. The number of nitrogens with one attached hydrogen (secondary N) is 1. The number of hydrogen-bond acceptors (Lipinski definition) is 6. The molecule has 0 unspecified atom stereocenters. The molecule has 0 spiro atoms. The summed E-state index contributed by atoms with van der Waals surface area (Å²) in [4.78, 5) is 39.0. The Hall–Kier alpha value is -4.64. The van der Waals surface area contributed by atoms with Gasteiger partial charge in [0.15, 0.2) is 0 Å². The number of esters is 1. The Balaban J connectivity index is 1.82. The van der Waals surface area contributed by atoms with Crippen LogP contribution in [-0.4, -0.2) is 43.3 Å². The van der Waals surface area contributed by atoms with Gasteiger partial charge in [0.05, 0.1) is 34.6 Å². The van der Waals surface area contributed by atoms with Gasteiger partial charge < -0.3 is 10.1 Å². The number of hydrogen-bond donors (Lipinski definition) is 1. The molecule has 11 heteroatoms. The zero-order valence-electron chi connectivity index (χ0n) is 21.0. The number of ether oxygens (including phenoxy) is 1. The van der Waals surface area contributed by atoms with Crippen LogP contribution in [0.2, 0.25) is 0 Å². The molecule has 0 aliphatic carbocycles. The first-order valence-corrected chi connectivity index (χ1v) is 13.0. The van der Waals surface area contributed by atoms with Gasteiger partial charge in [-0.2, -0.15) is 0 Å². The van der Waals surface area contributed by atoms with E-state index < -0.39 is 34.0 Å². The van der Waals surface area contributed by atoms with Crippen molar-refractivity contribution in [3.63, 3.8) is 0 Å². The van der Waals surface area contributed by atoms with Crippen LogP contribution in [0.15, 0.2) is 94.6 Å². The highest BCUT2D eigenvalue weighted by molar-refractivity contribution is 7.92. The van der Waals surface area contributed by atoms with E-state index in [2.05, 4.69) is 5.32 Å². The van der Waals surface area contributed by atoms with Crippen LogP contribution in [0.3, 0.4) is 0 Å². The van der Waals surface area contributed by atoms with Gasteiger partial charge in [-0.1, -0.05) is 48.5 Å². The highest BCUT2D eigenvalue weighted by Gasteiger charge is 2.33. The van der Waals surface area contributed by atoms with Crippen molar-refractivity contribution in [3.8, 4) is 5.69 Å². The van der Waals surface area contributed by atoms with Crippen molar-refractivity contribution in [1.29, 1.82) is 0 Å². The molecule has 196 valence electrons. The number of benzene rings is 3. The first kappa shape index (κ1) is 26.4. The van der Waals surface area contributed by atoms with Crippen LogP contribution in [-0.2, 0) is 26.6 Å². The zero-order chi connectivity index (χ0) is 27.4. The molecule has 0 saturated heterocycles.